The molecule has 1 N–H and O–H groups in total. The van der Waals surface area contributed by atoms with Gasteiger partial charge < -0.3 is 0 Å². The number of nitrogens with one attached hydrogen (secondary N) is 1. The molecule has 0 saturated carbocycles. The highest BCUT2D eigenvalue weighted by molar-refractivity contribution is 7.90. The van der Waals surface area contributed by atoms with Gasteiger partial charge in [0.2, 0.25) is 5.28 Å². The van der Waals surface area contributed by atoms with Crippen LogP contribution < -0.4 is 4.72 Å². The molecule has 0 aliphatic carbocycles. The molecule has 110 valence electrons. The van der Waals surface area contributed by atoms with Crippen molar-refractivity contribution in [1.82, 2.24) is 14.7 Å². The molecule has 0 aliphatic heterocycles. The molecule has 1 amide bonds. The highest BCUT2D eigenvalue weighted by atomic mass is 35.5. The van der Waals surface area contributed by atoms with Gasteiger partial charge in [-0.2, -0.15) is 0 Å². The van der Waals surface area contributed by atoms with Crippen molar-refractivity contribution in [2.75, 3.05) is 0 Å². The molecule has 0 radical (unpaired) electrons. The Hall–Kier alpha value is -1.70. The maximum atomic E-state index is 12.1. The summed E-state index contributed by atoms with van der Waals surface area (Å²) >= 11 is 11.4. The highest BCUT2D eigenvalue weighted by Gasteiger charge is 2.22. The van der Waals surface area contributed by atoms with Gasteiger partial charge in [-0.3, -0.25) is 4.79 Å². The Morgan fingerprint density at radius 1 is 1.19 bits per heavy atom. The summed E-state index contributed by atoms with van der Waals surface area (Å²) in [5, 5.41) is -0.134. The Labute approximate surface area is 131 Å². The minimum atomic E-state index is -4.10. The molecule has 0 fully saturated rings. The largest absolute Gasteiger partial charge is 0.283 e. The lowest BCUT2D eigenvalue weighted by atomic mass is 10.3. The molecule has 0 saturated heterocycles. The Morgan fingerprint density at radius 3 is 2.48 bits per heavy atom. The molecule has 0 aliphatic rings. The fourth-order valence-electron chi connectivity index (χ4n) is 1.54. The Bertz CT molecular complexity index is 789. The first-order valence-corrected chi connectivity index (χ1v) is 7.86. The zero-order valence-electron chi connectivity index (χ0n) is 10.7. The van der Waals surface area contributed by atoms with Crippen LogP contribution in [0.25, 0.3) is 0 Å². The van der Waals surface area contributed by atoms with Gasteiger partial charge in [0.1, 0.15) is 10.6 Å². The number of hydrogen-bond donors (Lipinski definition) is 1. The quantitative estimate of drug-likeness (QED) is 0.861. The monoisotopic (exact) mass is 345 g/mol. The second kappa shape index (κ2) is 5.97. The van der Waals surface area contributed by atoms with Gasteiger partial charge in [-0.05, 0) is 36.7 Å². The summed E-state index contributed by atoms with van der Waals surface area (Å²) in [4.78, 5) is 19.2. The van der Waals surface area contributed by atoms with E-state index in [9.17, 15) is 13.2 Å². The van der Waals surface area contributed by atoms with Crippen LogP contribution in [0.5, 0.6) is 0 Å². The molecule has 1 aromatic carbocycles. The molecule has 6 nitrogen and oxygen atoms in total. The maximum absolute atomic E-state index is 12.1. The third kappa shape index (κ3) is 3.69. The van der Waals surface area contributed by atoms with E-state index in [-0.39, 0.29) is 20.9 Å². The van der Waals surface area contributed by atoms with Crippen molar-refractivity contribution in [2.24, 2.45) is 0 Å². The molecule has 21 heavy (non-hydrogen) atoms. The molecule has 0 atom stereocenters. The molecule has 0 spiro atoms. The third-order valence-electron chi connectivity index (χ3n) is 2.41. The van der Waals surface area contributed by atoms with E-state index < -0.39 is 15.9 Å². The van der Waals surface area contributed by atoms with E-state index in [0.717, 1.165) is 0 Å². The number of aromatic nitrogens is 2. The van der Waals surface area contributed by atoms with E-state index in [0.29, 0.717) is 5.69 Å². The average Bonchev–Trinajstić information content (AvgIpc) is 2.37. The van der Waals surface area contributed by atoms with Gasteiger partial charge in [-0.1, -0.05) is 23.7 Å². The number of sulfonamides is 1. The van der Waals surface area contributed by atoms with Crippen molar-refractivity contribution < 1.29 is 13.2 Å². The van der Waals surface area contributed by atoms with Crippen LogP contribution in [-0.2, 0) is 10.0 Å². The minimum absolute atomic E-state index is 0.00898. The Kier molecular flexibility index (Phi) is 4.46. The number of amides is 1. The molecule has 2 aromatic rings. The number of nitrogens with zero attached hydrogens (tertiary/aromatic N) is 2. The molecule has 0 bridgehead atoms. The van der Waals surface area contributed by atoms with Crippen molar-refractivity contribution in [3.8, 4) is 0 Å². The molecule has 2 rings (SSSR count). The Morgan fingerprint density at radius 2 is 1.86 bits per heavy atom. The van der Waals surface area contributed by atoms with E-state index in [1.165, 1.54) is 24.3 Å². The second-order valence-electron chi connectivity index (χ2n) is 4.03. The first kappa shape index (κ1) is 15.7. The van der Waals surface area contributed by atoms with Gasteiger partial charge in [0.25, 0.3) is 15.9 Å². The van der Waals surface area contributed by atoms with E-state index in [2.05, 4.69) is 9.97 Å². The number of halogens is 2. The lowest BCUT2D eigenvalue weighted by molar-refractivity contribution is 0.0976. The maximum Gasteiger partial charge on any atom is 0.283 e. The first-order chi connectivity index (χ1) is 9.79. The van der Waals surface area contributed by atoms with E-state index in [1.807, 2.05) is 4.72 Å². The number of rotatable bonds is 3. The standard InChI is InChI=1S/C12H9Cl2N3O3S/c1-7-6-9(16-12(14)15-7)11(18)17-21(19,20)10-5-3-2-4-8(10)13/h2-6H,1H3,(H,17,18). The number of hydrogen-bond acceptors (Lipinski definition) is 5. The zero-order valence-corrected chi connectivity index (χ0v) is 13.0. The lowest BCUT2D eigenvalue weighted by Crippen LogP contribution is -2.31. The molecular formula is C12H9Cl2N3O3S. The SMILES string of the molecule is Cc1cc(C(=O)NS(=O)(=O)c2ccccc2Cl)nc(Cl)n1. The van der Waals surface area contributed by atoms with Crippen LogP contribution in [0.4, 0.5) is 0 Å². The number of carbonyl (C=O) groups excluding carboxylic acids is 1. The van der Waals surface area contributed by atoms with Crippen LogP contribution in [-0.4, -0.2) is 24.3 Å². The van der Waals surface area contributed by atoms with Gasteiger partial charge in [-0.15, -0.1) is 0 Å². The molecule has 9 heteroatoms. The summed E-state index contributed by atoms with van der Waals surface area (Å²) in [6, 6.07) is 7.10. The summed E-state index contributed by atoms with van der Waals surface area (Å²) in [5.41, 5.74) is 0.290. The summed E-state index contributed by atoms with van der Waals surface area (Å²) < 4.78 is 26.1. The molecule has 0 unspecified atom stereocenters. The Balaban J connectivity index is 2.33. The third-order valence-corrected chi connectivity index (χ3v) is 4.41. The average molecular weight is 346 g/mol. The predicted octanol–water partition coefficient (Wildman–Crippen LogP) is 2.21. The number of aryl methyl sites for hydroxylation is 1. The smallest absolute Gasteiger partial charge is 0.266 e. The topological polar surface area (TPSA) is 89.0 Å². The van der Waals surface area contributed by atoms with E-state index in [1.54, 1.807) is 13.0 Å². The van der Waals surface area contributed by atoms with Crippen LogP contribution in [0.3, 0.4) is 0 Å². The van der Waals surface area contributed by atoms with Crippen molar-refractivity contribution in [3.63, 3.8) is 0 Å². The summed E-state index contributed by atoms with van der Waals surface area (Å²) in [6.07, 6.45) is 0. The first-order valence-electron chi connectivity index (χ1n) is 5.62. The number of carbonyl (C=O) groups is 1. The fourth-order valence-corrected chi connectivity index (χ4v) is 3.25. The van der Waals surface area contributed by atoms with Crippen molar-refractivity contribution in [3.05, 3.63) is 52.0 Å². The second-order valence-corrected chi connectivity index (χ2v) is 6.42. The van der Waals surface area contributed by atoms with Gasteiger partial charge in [0, 0.05) is 5.69 Å². The van der Waals surface area contributed by atoms with Crippen LogP contribution in [0.1, 0.15) is 16.2 Å². The van der Waals surface area contributed by atoms with Crippen molar-refractivity contribution >= 4 is 39.1 Å². The van der Waals surface area contributed by atoms with Crippen LogP contribution in [0.15, 0.2) is 35.2 Å². The van der Waals surface area contributed by atoms with Gasteiger partial charge in [-0.25, -0.2) is 23.1 Å². The zero-order chi connectivity index (χ0) is 15.6. The summed E-state index contributed by atoms with van der Waals surface area (Å²) in [7, 11) is -4.10. The van der Waals surface area contributed by atoms with E-state index >= 15 is 0 Å². The van der Waals surface area contributed by atoms with Gasteiger partial charge >= 0.3 is 0 Å². The van der Waals surface area contributed by atoms with Gasteiger partial charge in [0.15, 0.2) is 0 Å². The summed E-state index contributed by atoms with van der Waals surface area (Å²) in [5.74, 6) is -0.915. The number of benzene rings is 1. The molecular weight excluding hydrogens is 337 g/mol. The van der Waals surface area contributed by atoms with Crippen LogP contribution in [0, 0.1) is 6.92 Å². The molecule has 1 aromatic heterocycles. The fraction of sp³-hybridized carbons (Fsp3) is 0.0833. The van der Waals surface area contributed by atoms with Crippen LogP contribution in [0.2, 0.25) is 10.3 Å². The highest BCUT2D eigenvalue weighted by Crippen LogP contribution is 2.20. The normalized spacial score (nSPS) is 11.2. The van der Waals surface area contributed by atoms with Gasteiger partial charge in [0.05, 0.1) is 5.02 Å². The van der Waals surface area contributed by atoms with E-state index in [4.69, 9.17) is 23.2 Å². The minimum Gasteiger partial charge on any atom is -0.266 e. The predicted molar refractivity (Wildman–Crippen MR) is 77.9 cm³/mol. The summed E-state index contributed by atoms with van der Waals surface area (Å²) in [6.45, 7) is 1.60. The van der Waals surface area contributed by atoms with Crippen LogP contribution >= 0.6 is 23.2 Å². The molecule has 1 heterocycles. The lowest BCUT2D eigenvalue weighted by Gasteiger charge is -2.08. The van der Waals surface area contributed by atoms with Crippen molar-refractivity contribution in [2.45, 2.75) is 11.8 Å². The van der Waals surface area contributed by atoms with Crippen molar-refractivity contribution in [1.29, 1.82) is 0 Å².